The Hall–Kier alpha value is -2.81. The number of hydrogen-bond acceptors (Lipinski definition) is 6. The zero-order valence-electron chi connectivity index (χ0n) is 15.6. The van der Waals surface area contributed by atoms with Crippen molar-refractivity contribution in [1.29, 1.82) is 0 Å². The van der Waals surface area contributed by atoms with Crippen LogP contribution in [0.2, 0.25) is 0 Å². The number of hydrogen-bond donors (Lipinski definition) is 1. The highest BCUT2D eigenvalue weighted by Crippen LogP contribution is 2.23. The first-order valence-corrected chi connectivity index (χ1v) is 9.12. The fourth-order valence-electron chi connectivity index (χ4n) is 3.43. The van der Waals surface area contributed by atoms with Gasteiger partial charge >= 0.3 is 0 Å². The van der Waals surface area contributed by atoms with Gasteiger partial charge in [0, 0.05) is 25.2 Å². The van der Waals surface area contributed by atoms with Crippen LogP contribution in [0.4, 0.5) is 5.69 Å². The first kappa shape index (κ1) is 19.0. The van der Waals surface area contributed by atoms with Crippen molar-refractivity contribution in [2.45, 2.75) is 26.2 Å². The molecule has 0 saturated carbocycles. The summed E-state index contributed by atoms with van der Waals surface area (Å²) >= 11 is 0. The van der Waals surface area contributed by atoms with Crippen molar-refractivity contribution in [2.24, 2.45) is 5.92 Å². The molecule has 1 fully saturated rings. The lowest BCUT2D eigenvalue weighted by atomic mass is 9.93. The van der Waals surface area contributed by atoms with E-state index in [1.807, 2.05) is 11.9 Å². The molecule has 1 N–H and O–H groups in total. The van der Waals surface area contributed by atoms with Crippen LogP contribution >= 0.6 is 0 Å². The molecule has 1 amide bonds. The normalized spacial score (nSPS) is 15.1. The molecule has 3 rings (SSSR count). The molecular formula is C18H24N6O3. The molecule has 1 aliphatic rings. The number of amides is 1. The maximum Gasteiger partial charge on any atom is 0.276 e. The summed E-state index contributed by atoms with van der Waals surface area (Å²) in [6.07, 6.45) is 3.11. The second-order valence-corrected chi connectivity index (χ2v) is 6.84. The van der Waals surface area contributed by atoms with Crippen molar-refractivity contribution < 1.29 is 9.72 Å². The summed E-state index contributed by atoms with van der Waals surface area (Å²) in [6.45, 7) is 4.19. The largest absolute Gasteiger partial charge is 0.337 e. The fraction of sp³-hybridized carbons (Fsp3) is 0.500. The van der Waals surface area contributed by atoms with Crippen LogP contribution in [0.15, 0.2) is 24.3 Å². The molecule has 1 aromatic carbocycles. The number of non-ortho nitro benzene ring substituents is 1. The Kier molecular flexibility index (Phi) is 5.80. The van der Waals surface area contributed by atoms with Gasteiger partial charge in [-0.1, -0.05) is 11.3 Å². The van der Waals surface area contributed by atoms with Gasteiger partial charge in [-0.25, -0.2) is 4.68 Å². The van der Waals surface area contributed by atoms with E-state index in [1.165, 1.54) is 16.8 Å². The van der Waals surface area contributed by atoms with Gasteiger partial charge < -0.3 is 10.2 Å². The summed E-state index contributed by atoms with van der Waals surface area (Å²) < 4.78 is 1.47. The SMILES string of the molecule is CNCCC1CCN(C(=O)c2nnn(-c3cccc([N+](=O)[O-])c3)c2C)CC1. The number of carbonyl (C=O) groups excluding carboxylic acids is 1. The highest BCUT2D eigenvalue weighted by atomic mass is 16.6. The number of nitrogens with zero attached hydrogens (tertiary/aromatic N) is 5. The molecule has 9 nitrogen and oxygen atoms in total. The maximum absolute atomic E-state index is 12.9. The minimum Gasteiger partial charge on any atom is -0.337 e. The number of piperidine rings is 1. The number of aromatic nitrogens is 3. The third kappa shape index (κ3) is 4.13. The van der Waals surface area contributed by atoms with Crippen molar-refractivity contribution >= 4 is 11.6 Å². The average Bonchev–Trinajstić information content (AvgIpc) is 3.07. The topological polar surface area (TPSA) is 106 Å². The molecule has 0 unspecified atom stereocenters. The van der Waals surface area contributed by atoms with Crippen LogP contribution < -0.4 is 5.32 Å². The third-order valence-corrected chi connectivity index (χ3v) is 5.09. The quantitative estimate of drug-likeness (QED) is 0.613. The van der Waals surface area contributed by atoms with E-state index in [2.05, 4.69) is 15.6 Å². The predicted octanol–water partition coefficient (Wildman–Crippen LogP) is 1.95. The number of rotatable bonds is 6. The van der Waals surface area contributed by atoms with Gasteiger partial charge in [-0.2, -0.15) is 0 Å². The summed E-state index contributed by atoms with van der Waals surface area (Å²) in [5.41, 5.74) is 1.37. The summed E-state index contributed by atoms with van der Waals surface area (Å²) in [5.74, 6) is 0.513. The van der Waals surface area contributed by atoms with Crippen molar-refractivity contribution in [3.63, 3.8) is 0 Å². The van der Waals surface area contributed by atoms with Gasteiger partial charge in [-0.3, -0.25) is 14.9 Å². The molecule has 1 saturated heterocycles. The molecule has 2 aromatic rings. The van der Waals surface area contributed by atoms with E-state index in [0.717, 1.165) is 38.9 Å². The van der Waals surface area contributed by atoms with E-state index < -0.39 is 4.92 Å². The van der Waals surface area contributed by atoms with Crippen LogP contribution in [0.5, 0.6) is 0 Å². The van der Waals surface area contributed by atoms with Gasteiger partial charge in [0.25, 0.3) is 11.6 Å². The van der Waals surface area contributed by atoms with Crippen molar-refractivity contribution in [1.82, 2.24) is 25.2 Å². The Bertz CT molecular complexity index is 826. The lowest BCUT2D eigenvalue weighted by Crippen LogP contribution is -2.39. The Labute approximate surface area is 157 Å². The van der Waals surface area contributed by atoms with Crippen molar-refractivity contribution in [3.8, 4) is 5.69 Å². The number of likely N-dealkylation sites (tertiary alicyclic amines) is 1. The second-order valence-electron chi connectivity index (χ2n) is 6.84. The molecule has 9 heteroatoms. The Morgan fingerprint density at radius 1 is 1.37 bits per heavy atom. The van der Waals surface area contributed by atoms with Crippen molar-refractivity contribution in [2.75, 3.05) is 26.7 Å². The highest BCUT2D eigenvalue weighted by molar-refractivity contribution is 5.93. The van der Waals surface area contributed by atoms with Gasteiger partial charge in [0.2, 0.25) is 0 Å². The van der Waals surface area contributed by atoms with E-state index in [9.17, 15) is 14.9 Å². The minimum absolute atomic E-state index is 0.0288. The maximum atomic E-state index is 12.9. The Morgan fingerprint density at radius 2 is 2.11 bits per heavy atom. The van der Waals surface area contributed by atoms with Gasteiger partial charge in [0.05, 0.1) is 16.3 Å². The van der Waals surface area contributed by atoms with E-state index in [-0.39, 0.29) is 11.6 Å². The van der Waals surface area contributed by atoms with Gasteiger partial charge in [0.1, 0.15) is 0 Å². The van der Waals surface area contributed by atoms with Crippen LogP contribution in [-0.4, -0.2) is 57.4 Å². The van der Waals surface area contributed by atoms with Crippen LogP contribution in [0.25, 0.3) is 5.69 Å². The molecule has 0 spiro atoms. The zero-order valence-corrected chi connectivity index (χ0v) is 15.6. The van der Waals surface area contributed by atoms with Crippen LogP contribution in [0.1, 0.15) is 35.4 Å². The van der Waals surface area contributed by atoms with Crippen LogP contribution in [-0.2, 0) is 0 Å². The molecule has 0 radical (unpaired) electrons. The number of carbonyl (C=O) groups is 1. The molecule has 144 valence electrons. The van der Waals surface area contributed by atoms with E-state index >= 15 is 0 Å². The van der Waals surface area contributed by atoms with Gasteiger partial charge in [-0.15, -0.1) is 5.10 Å². The summed E-state index contributed by atoms with van der Waals surface area (Å²) in [7, 11) is 1.95. The van der Waals surface area contributed by atoms with Crippen LogP contribution in [0.3, 0.4) is 0 Å². The average molecular weight is 372 g/mol. The van der Waals surface area contributed by atoms with Crippen LogP contribution in [0, 0.1) is 23.0 Å². The monoisotopic (exact) mass is 372 g/mol. The predicted molar refractivity (Wildman–Crippen MR) is 99.9 cm³/mol. The third-order valence-electron chi connectivity index (χ3n) is 5.09. The summed E-state index contributed by atoms with van der Waals surface area (Å²) in [5, 5.41) is 22.2. The Balaban J connectivity index is 1.73. The van der Waals surface area contributed by atoms with E-state index in [1.54, 1.807) is 19.1 Å². The summed E-state index contributed by atoms with van der Waals surface area (Å²) in [4.78, 5) is 25.2. The molecule has 0 aliphatic carbocycles. The lowest BCUT2D eigenvalue weighted by Gasteiger charge is -2.31. The molecule has 1 aromatic heterocycles. The number of nitro benzene ring substituents is 1. The molecule has 0 bridgehead atoms. The Morgan fingerprint density at radius 3 is 2.78 bits per heavy atom. The van der Waals surface area contributed by atoms with Gasteiger partial charge in [0.15, 0.2) is 5.69 Å². The first-order chi connectivity index (χ1) is 13.0. The molecule has 27 heavy (non-hydrogen) atoms. The number of benzene rings is 1. The second kappa shape index (κ2) is 8.26. The number of nitro groups is 1. The molecular weight excluding hydrogens is 348 g/mol. The van der Waals surface area contributed by atoms with Gasteiger partial charge in [-0.05, 0) is 51.8 Å². The standard InChI is InChI=1S/C18H24N6O3/c1-13-17(18(25)22-10-7-14(8-11-22)6-9-19-2)20-21-23(13)15-4-3-5-16(12-15)24(26)27/h3-5,12,14,19H,6-11H2,1-2H3. The smallest absolute Gasteiger partial charge is 0.276 e. The van der Waals surface area contributed by atoms with E-state index in [4.69, 9.17) is 0 Å². The highest BCUT2D eigenvalue weighted by Gasteiger charge is 2.27. The zero-order chi connectivity index (χ0) is 19.4. The lowest BCUT2D eigenvalue weighted by molar-refractivity contribution is -0.384. The number of nitrogens with one attached hydrogen (secondary N) is 1. The molecule has 0 atom stereocenters. The first-order valence-electron chi connectivity index (χ1n) is 9.12. The fourth-order valence-corrected chi connectivity index (χ4v) is 3.43. The minimum atomic E-state index is -0.458. The molecule has 2 heterocycles. The summed E-state index contributed by atoms with van der Waals surface area (Å²) in [6, 6.07) is 6.13. The molecule has 1 aliphatic heterocycles. The van der Waals surface area contributed by atoms with E-state index in [0.29, 0.717) is 23.0 Å². The van der Waals surface area contributed by atoms with Crippen molar-refractivity contribution in [3.05, 3.63) is 45.8 Å².